The predicted molar refractivity (Wildman–Crippen MR) is 85.8 cm³/mol. The zero-order valence-electron chi connectivity index (χ0n) is 12.6. The Balaban J connectivity index is 1.74. The summed E-state index contributed by atoms with van der Waals surface area (Å²) in [6.07, 6.45) is 4.59. The van der Waals surface area contributed by atoms with E-state index < -0.39 is 5.54 Å². The molecule has 1 heterocycles. The van der Waals surface area contributed by atoms with Gasteiger partial charge in [-0.05, 0) is 45.4 Å². The first kappa shape index (κ1) is 15.3. The Morgan fingerprint density at radius 3 is 2.81 bits per heavy atom. The molecule has 4 nitrogen and oxygen atoms in total. The number of aromatic nitrogens is 1. The van der Waals surface area contributed by atoms with Crippen molar-refractivity contribution in [2.24, 2.45) is 5.92 Å². The number of hydrogen-bond acceptors (Lipinski definition) is 6. The third-order valence-corrected chi connectivity index (χ3v) is 6.31. The standard InChI is InChI=1S/C15H22N2O2S2/c1-3-19-13(18)15(11-4-5-11,17-12-6-7-12)9-21-14-16-10(2)8-20-14/h8,11-12,17H,3-7,9H2,1-2H3. The maximum absolute atomic E-state index is 12.6. The zero-order chi connectivity index (χ0) is 14.9. The second-order valence-electron chi connectivity index (χ2n) is 5.93. The molecule has 0 radical (unpaired) electrons. The molecule has 3 rings (SSSR count). The lowest BCUT2D eigenvalue weighted by Gasteiger charge is -2.32. The number of carbonyl (C=O) groups is 1. The van der Waals surface area contributed by atoms with E-state index in [0.717, 1.165) is 28.6 Å². The molecule has 1 aromatic heterocycles. The summed E-state index contributed by atoms with van der Waals surface area (Å²) in [5.41, 5.74) is 0.535. The molecule has 0 amide bonds. The lowest BCUT2D eigenvalue weighted by Crippen LogP contribution is -2.58. The first-order chi connectivity index (χ1) is 10.1. The van der Waals surface area contributed by atoms with Gasteiger partial charge in [-0.1, -0.05) is 11.8 Å². The fraction of sp³-hybridized carbons (Fsp3) is 0.733. The van der Waals surface area contributed by atoms with Gasteiger partial charge in [0.05, 0.1) is 6.61 Å². The van der Waals surface area contributed by atoms with Crippen molar-refractivity contribution in [3.63, 3.8) is 0 Å². The van der Waals surface area contributed by atoms with Crippen LogP contribution < -0.4 is 5.32 Å². The molecule has 21 heavy (non-hydrogen) atoms. The van der Waals surface area contributed by atoms with Gasteiger partial charge in [0.25, 0.3) is 0 Å². The summed E-state index contributed by atoms with van der Waals surface area (Å²) in [6.45, 7) is 4.33. The summed E-state index contributed by atoms with van der Waals surface area (Å²) in [6, 6.07) is 0.494. The Kier molecular flexibility index (Phi) is 4.57. The molecule has 1 unspecified atom stereocenters. The van der Waals surface area contributed by atoms with E-state index in [1.165, 1.54) is 12.8 Å². The number of thiazole rings is 1. The van der Waals surface area contributed by atoms with Crippen LogP contribution in [0, 0.1) is 12.8 Å². The van der Waals surface area contributed by atoms with Crippen molar-refractivity contribution < 1.29 is 9.53 Å². The van der Waals surface area contributed by atoms with Crippen LogP contribution in [-0.4, -0.2) is 34.9 Å². The maximum atomic E-state index is 12.6. The molecule has 2 aliphatic carbocycles. The molecular weight excluding hydrogens is 304 g/mol. The number of thioether (sulfide) groups is 1. The highest BCUT2D eigenvalue weighted by atomic mass is 32.2. The molecule has 6 heteroatoms. The summed E-state index contributed by atoms with van der Waals surface area (Å²) in [4.78, 5) is 17.1. The van der Waals surface area contributed by atoms with E-state index in [4.69, 9.17) is 4.74 Å². The number of ether oxygens (including phenoxy) is 1. The summed E-state index contributed by atoms with van der Waals surface area (Å²) >= 11 is 3.34. The molecule has 0 aromatic carbocycles. The minimum Gasteiger partial charge on any atom is -0.465 e. The Labute approximate surface area is 134 Å². The molecule has 2 fully saturated rings. The van der Waals surface area contributed by atoms with E-state index in [-0.39, 0.29) is 5.97 Å². The van der Waals surface area contributed by atoms with E-state index in [1.54, 1.807) is 23.1 Å². The highest BCUT2D eigenvalue weighted by Crippen LogP contribution is 2.45. The van der Waals surface area contributed by atoms with Crippen molar-refractivity contribution in [1.29, 1.82) is 0 Å². The minimum absolute atomic E-state index is 0.0693. The van der Waals surface area contributed by atoms with Gasteiger partial charge < -0.3 is 4.74 Å². The topological polar surface area (TPSA) is 51.2 Å². The number of aryl methyl sites for hydroxylation is 1. The van der Waals surface area contributed by atoms with Crippen LogP contribution in [0.1, 0.15) is 38.3 Å². The van der Waals surface area contributed by atoms with Gasteiger partial charge in [-0.2, -0.15) is 0 Å². The second-order valence-corrected chi connectivity index (χ2v) is 8.01. The van der Waals surface area contributed by atoms with Gasteiger partial charge in [0.2, 0.25) is 0 Å². The van der Waals surface area contributed by atoms with Gasteiger partial charge in [-0.3, -0.25) is 10.1 Å². The first-order valence-corrected chi connectivity index (χ1v) is 9.50. The molecule has 1 atom stereocenters. The van der Waals surface area contributed by atoms with E-state index >= 15 is 0 Å². The molecule has 116 valence electrons. The molecule has 0 bridgehead atoms. The van der Waals surface area contributed by atoms with Gasteiger partial charge in [0, 0.05) is 22.9 Å². The maximum Gasteiger partial charge on any atom is 0.327 e. The van der Waals surface area contributed by atoms with Crippen LogP contribution in [-0.2, 0) is 9.53 Å². The Morgan fingerprint density at radius 2 is 2.29 bits per heavy atom. The highest BCUT2D eigenvalue weighted by molar-refractivity contribution is 8.01. The van der Waals surface area contributed by atoms with Crippen LogP contribution in [0.4, 0.5) is 0 Å². The van der Waals surface area contributed by atoms with Crippen LogP contribution in [0.5, 0.6) is 0 Å². The average Bonchev–Trinajstić information content (AvgIpc) is 3.35. The predicted octanol–water partition coefficient (Wildman–Crippen LogP) is 3.01. The fourth-order valence-electron chi connectivity index (χ4n) is 2.56. The lowest BCUT2D eigenvalue weighted by atomic mass is 9.95. The Bertz CT molecular complexity index is 512. The molecule has 2 saturated carbocycles. The van der Waals surface area contributed by atoms with Crippen molar-refractivity contribution in [2.45, 2.75) is 55.5 Å². The van der Waals surface area contributed by atoms with Gasteiger partial charge in [-0.15, -0.1) is 11.3 Å². The average molecular weight is 326 g/mol. The van der Waals surface area contributed by atoms with Crippen molar-refractivity contribution in [2.75, 3.05) is 12.4 Å². The molecular formula is C15H22N2O2S2. The number of nitrogens with zero attached hydrogens (tertiary/aromatic N) is 1. The number of hydrogen-bond donors (Lipinski definition) is 1. The monoisotopic (exact) mass is 326 g/mol. The van der Waals surface area contributed by atoms with Crippen molar-refractivity contribution >= 4 is 29.1 Å². The smallest absolute Gasteiger partial charge is 0.327 e. The van der Waals surface area contributed by atoms with Crippen molar-refractivity contribution in [3.05, 3.63) is 11.1 Å². The molecule has 1 aromatic rings. The molecule has 1 N–H and O–H groups in total. The second kappa shape index (κ2) is 6.26. The highest BCUT2D eigenvalue weighted by Gasteiger charge is 2.54. The van der Waals surface area contributed by atoms with Crippen molar-refractivity contribution in [3.8, 4) is 0 Å². The lowest BCUT2D eigenvalue weighted by molar-refractivity contribution is -0.151. The Hall–Kier alpha value is -0.590. The number of nitrogens with one attached hydrogen (secondary N) is 1. The molecule has 0 spiro atoms. The molecule has 0 saturated heterocycles. The van der Waals surface area contributed by atoms with Gasteiger partial charge >= 0.3 is 5.97 Å². The first-order valence-electron chi connectivity index (χ1n) is 7.64. The number of esters is 1. The van der Waals surface area contributed by atoms with Crippen LogP contribution in [0.15, 0.2) is 9.72 Å². The third kappa shape index (κ3) is 3.60. The number of rotatable bonds is 8. The van der Waals surface area contributed by atoms with Gasteiger partial charge in [0.15, 0.2) is 0 Å². The SMILES string of the molecule is CCOC(=O)C(CSc1nc(C)cs1)(NC1CC1)C1CC1. The van der Waals surface area contributed by atoms with Crippen molar-refractivity contribution in [1.82, 2.24) is 10.3 Å². The van der Waals surface area contributed by atoms with Crippen LogP contribution in [0.25, 0.3) is 0 Å². The summed E-state index contributed by atoms with van der Waals surface area (Å²) in [7, 11) is 0. The third-order valence-electron chi connectivity index (χ3n) is 3.97. The summed E-state index contributed by atoms with van der Waals surface area (Å²) < 4.78 is 6.44. The van der Waals surface area contributed by atoms with Crippen LogP contribution >= 0.6 is 23.1 Å². The summed E-state index contributed by atoms with van der Waals surface area (Å²) in [5, 5.41) is 5.66. The number of carbonyl (C=O) groups excluding carboxylic acids is 1. The largest absolute Gasteiger partial charge is 0.465 e. The minimum atomic E-state index is -0.512. The summed E-state index contributed by atoms with van der Waals surface area (Å²) in [5.74, 6) is 1.07. The Morgan fingerprint density at radius 1 is 1.52 bits per heavy atom. The van der Waals surface area contributed by atoms with Crippen LogP contribution in [0.2, 0.25) is 0 Å². The zero-order valence-corrected chi connectivity index (χ0v) is 14.2. The molecule has 2 aliphatic rings. The quantitative estimate of drug-likeness (QED) is 0.588. The van der Waals surface area contributed by atoms with Crippen LogP contribution in [0.3, 0.4) is 0 Å². The van der Waals surface area contributed by atoms with E-state index in [0.29, 0.717) is 18.6 Å². The molecule has 0 aliphatic heterocycles. The van der Waals surface area contributed by atoms with E-state index in [1.807, 2.05) is 13.8 Å². The van der Waals surface area contributed by atoms with E-state index in [2.05, 4.69) is 15.7 Å². The normalized spacial score (nSPS) is 21.0. The van der Waals surface area contributed by atoms with Gasteiger partial charge in [-0.25, -0.2) is 4.98 Å². The van der Waals surface area contributed by atoms with E-state index in [9.17, 15) is 4.79 Å². The fourth-order valence-corrected chi connectivity index (χ4v) is 4.67. The van der Waals surface area contributed by atoms with Gasteiger partial charge in [0.1, 0.15) is 9.88 Å².